The summed E-state index contributed by atoms with van der Waals surface area (Å²) in [5.41, 5.74) is 5.92. The van der Waals surface area contributed by atoms with Crippen LogP contribution in [0.15, 0.2) is 77.4 Å². The summed E-state index contributed by atoms with van der Waals surface area (Å²) in [5.74, 6) is 0.225. The number of aliphatic imine (C=N–C) groups is 1. The molecule has 2 aromatic rings. The number of amidine groups is 1. The first-order chi connectivity index (χ1) is 14.1. The van der Waals surface area contributed by atoms with Crippen LogP contribution in [0, 0.1) is 0 Å². The minimum atomic E-state index is -1.14. The number of hydrazine groups is 1. The number of rotatable bonds is 3. The number of benzene rings is 2. The van der Waals surface area contributed by atoms with E-state index in [1.54, 1.807) is 16.5 Å². The first kappa shape index (κ1) is 17.7. The van der Waals surface area contributed by atoms with E-state index in [1.807, 2.05) is 48.5 Å². The Morgan fingerprint density at radius 1 is 1.17 bits per heavy atom. The third-order valence-corrected chi connectivity index (χ3v) is 5.93. The number of hydrogen-bond acceptors (Lipinski definition) is 5. The molecular formula is C21H17N5O2S. The van der Waals surface area contributed by atoms with Gasteiger partial charge in [-0.1, -0.05) is 66.4 Å². The van der Waals surface area contributed by atoms with E-state index in [1.165, 1.54) is 11.8 Å². The number of amides is 3. The van der Waals surface area contributed by atoms with Crippen molar-refractivity contribution < 1.29 is 9.59 Å². The number of carbonyl (C=O) groups excluding carboxylic acids is 2. The van der Waals surface area contributed by atoms with Gasteiger partial charge in [-0.15, -0.1) is 6.58 Å². The third kappa shape index (κ3) is 2.53. The first-order valence-corrected chi connectivity index (χ1v) is 9.96. The Morgan fingerprint density at radius 2 is 1.83 bits per heavy atom. The van der Waals surface area contributed by atoms with Crippen LogP contribution < -0.4 is 16.1 Å². The molecule has 0 aromatic heterocycles. The van der Waals surface area contributed by atoms with Crippen LogP contribution in [0.2, 0.25) is 0 Å². The second kappa shape index (κ2) is 6.61. The SMILES string of the molecule is C=CCNC(=O)NC1=CSC2=NC(=O)C3(NN12)c1ccccc1-c1ccccc13. The van der Waals surface area contributed by atoms with E-state index in [0.29, 0.717) is 17.5 Å². The molecular weight excluding hydrogens is 386 g/mol. The van der Waals surface area contributed by atoms with Crippen molar-refractivity contribution in [2.24, 2.45) is 4.99 Å². The Balaban J connectivity index is 1.57. The predicted octanol–water partition coefficient (Wildman–Crippen LogP) is 2.64. The van der Waals surface area contributed by atoms with E-state index in [9.17, 15) is 9.59 Å². The van der Waals surface area contributed by atoms with E-state index in [0.717, 1.165) is 22.3 Å². The van der Waals surface area contributed by atoms with Crippen molar-refractivity contribution in [2.45, 2.75) is 5.54 Å². The fourth-order valence-electron chi connectivity index (χ4n) is 3.88. The van der Waals surface area contributed by atoms with Gasteiger partial charge in [0, 0.05) is 12.0 Å². The number of carbonyl (C=O) groups is 2. The van der Waals surface area contributed by atoms with Crippen LogP contribution in [0.4, 0.5) is 4.79 Å². The van der Waals surface area contributed by atoms with E-state index in [-0.39, 0.29) is 11.9 Å². The Kier molecular flexibility index (Phi) is 4.04. The van der Waals surface area contributed by atoms with Crippen molar-refractivity contribution in [3.8, 4) is 11.1 Å². The molecule has 144 valence electrons. The van der Waals surface area contributed by atoms with E-state index < -0.39 is 5.54 Å². The second-order valence-corrected chi connectivity index (χ2v) is 7.57. The zero-order chi connectivity index (χ0) is 20.0. The van der Waals surface area contributed by atoms with Gasteiger partial charge in [0.15, 0.2) is 10.7 Å². The van der Waals surface area contributed by atoms with Crippen molar-refractivity contribution in [1.82, 2.24) is 21.1 Å². The molecule has 3 aliphatic rings. The number of hydrogen-bond donors (Lipinski definition) is 3. The maximum absolute atomic E-state index is 13.3. The molecule has 2 aliphatic heterocycles. The zero-order valence-electron chi connectivity index (χ0n) is 15.3. The van der Waals surface area contributed by atoms with Crippen molar-refractivity contribution in [1.29, 1.82) is 0 Å². The van der Waals surface area contributed by atoms with Gasteiger partial charge in [0.1, 0.15) is 5.82 Å². The molecule has 0 bridgehead atoms. The normalized spacial score (nSPS) is 17.8. The highest BCUT2D eigenvalue weighted by atomic mass is 32.2. The van der Waals surface area contributed by atoms with Crippen LogP contribution in [0.25, 0.3) is 11.1 Å². The van der Waals surface area contributed by atoms with Gasteiger partial charge in [-0.05, 0) is 22.3 Å². The highest BCUT2D eigenvalue weighted by Crippen LogP contribution is 2.50. The molecule has 0 saturated carbocycles. The molecule has 0 atom stereocenters. The highest BCUT2D eigenvalue weighted by Gasteiger charge is 2.54. The van der Waals surface area contributed by atoms with Crippen LogP contribution in [-0.4, -0.2) is 28.7 Å². The molecule has 1 aliphatic carbocycles. The van der Waals surface area contributed by atoms with Crippen LogP contribution in [-0.2, 0) is 10.3 Å². The van der Waals surface area contributed by atoms with Gasteiger partial charge in [0.05, 0.1) is 0 Å². The molecule has 1 spiro atoms. The molecule has 3 amide bonds. The maximum Gasteiger partial charge on any atom is 0.320 e. The minimum Gasteiger partial charge on any atom is -0.334 e. The van der Waals surface area contributed by atoms with Gasteiger partial charge >= 0.3 is 6.03 Å². The lowest BCUT2D eigenvalue weighted by atomic mass is 9.87. The summed E-state index contributed by atoms with van der Waals surface area (Å²) in [6.45, 7) is 3.94. The summed E-state index contributed by atoms with van der Waals surface area (Å²) in [6, 6.07) is 15.3. The maximum atomic E-state index is 13.3. The van der Waals surface area contributed by atoms with Crippen molar-refractivity contribution in [3.05, 3.63) is 83.5 Å². The van der Waals surface area contributed by atoms with Gasteiger partial charge in [0.25, 0.3) is 5.91 Å². The summed E-state index contributed by atoms with van der Waals surface area (Å²) >= 11 is 1.28. The molecule has 3 N–H and O–H groups in total. The first-order valence-electron chi connectivity index (χ1n) is 9.08. The van der Waals surface area contributed by atoms with Crippen LogP contribution in [0.3, 0.4) is 0 Å². The molecule has 0 saturated heterocycles. The molecule has 0 fully saturated rings. The minimum absolute atomic E-state index is 0.278. The Labute approximate surface area is 171 Å². The average Bonchev–Trinajstić information content (AvgIpc) is 3.25. The molecule has 2 aromatic carbocycles. The van der Waals surface area contributed by atoms with Gasteiger partial charge in [0.2, 0.25) is 0 Å². The van der Waals surface area contributed by atoms with E-state index in [4.69, 9.17) is 0 Å². The summed E-state index contributed by atoms with van der Waals surface area (Å²) in [4.78, 5) is 29.8. The summed E-state index contributed by atoms with van der Waals surface area (Å²) < 4.78 is 0. The lowest BCUT2D eigenvalue weighted by Crippen LogP contribution is -2.61. The fraction of sp³-hybridized carbons (Fsp3) is 0.0952. The van der Waals surface area contributed by atoms with Gasteiger partial charge in [-0.2, -0.15) is 4.99 Å². The number of fused-ring (bicyclic) bond motifs is 6. The van der Waals surface area contributed by atoms with Crippen molar-refractivity contribution >= 4 is 28.9 Å². The van der Waals surface area contributed by atoms with E-state index >= 15 is 0 Å². The zero-order valence-corrected chi connectivity index (χ0v) is 16.1. The molecule has 0 unspecified atom stereocenters. The predicted molar refractivity (Wildman–Crippen MR) is 112 cm³/mol. The molecule has 7 nitrogen and oxygen atoms in total. The van der Waals surface area contributed by atoms with Gasteiger partial charge in [-0.25, -0.2) is 15.2 Å². The number of thioether (sulfide) groups is 1. The Bertz CT molecular complexity index is 1080. The number of nitrogens with zero attached hydrogens (tertiary/aromatic N) is 2. The lowest BCUT2D eigenvalue weighted by molar-refractivity contribution is -0.125. The monoisotopic (exact) mass is 403 g/mol. The van der Waals surface area contributed by atoms with Gasteiger partial charge in [-0.3, -0.25) is 10.1 Å². The average molecular weight is 403 g/mol. The van der Waals surface area contributed by atoms with Crippen molar-refractivity contribution in [3.63, 3.8) is 0 Å². The second-order valence-electron chi connectivity index (χ2n) is 6.73. The van der Waals surface area contributed by atoms with Crippen LogP contribution in [0.1, 0.15) is 11.1 Å². The molecule has 29 heavy (non-hydrogen) atoms. The van der Waals surface area contributed by atoms with Crippen LogP contribution >= 0.6 is 11.8 Å². The summed E-state index contributed by atoms with van der Waals surface area (Å²) in [7, 11) is 0. The largest absolute Gasteiger partial charge is 0.334 e. The van der Waals surface area contributed by atoms with Crippen molar-refractivity contribution in [2.75, 3.05) is 6.54 Å². The quantitative estimate of drug-likeness (QED) is 0.686. The summed E-state index contributed by atoms with van der Waals surface area (Å²) in [5, 5.41) is 9.36. The third-order valence-electron chi connectivity index (χ3n) is 5.11. The molecule has 5 rings (SSSR count). The Hall–Kier alpha value is -3.36. The topological polar surface area (TPSA) is 85.8 Å². The fourth-order valence-corrected chi connectivity index (χ4v) is 4.65. The van der Waals surface area contributed by atoms with Gasteiger partial charge < -0.3 is 5.32 Å². The number of urea groups is 1. The van der Waals surface area contributed by atoms with E-state index in [2.05, 4.69) is 27.6 Å². The molecule has 2 heterocycles. The molecule has 8 heteroatoms. The summed E-state index contributed by atoms with van der Waals surface area (Å²) in [6.07, 6.45) is 1.60. The lowest BCUT2D eigenvalue weighted by Gasteiger charge is -2.39. The smallest absolute Gasteiger partial charge is 0.320 e. The Morgan fingerprint density at radius 3 is 2.48 bits per heavy atom. The van der Waals surface area contributed by atoms with Crippen LogP contribution in [0.5, 0.6) is 0 Å². The molecule has 0 radical (unpaired) electrons. The number of nitrogens with one attached hydrogen (secondary N) is 3. The standard InChI is InChI=1S/C21H17N5O2S/c1-2-11-22-19(28)23-17-12-29-20-24-18(27)21(25-26(17)20)15-9-5-3-7-13(15)14-8-4-6-10-16(14)21/h2-10,12,25H,1,11H2,(H2,22,23,28). The highest BCUT2D eigenvalue weighted by molar-refractivity contribution is 8.16.